The molecule has 2 heterocycles. The molecule has 2 fully saturated rings. The Morgan fingerprint density at radius 1 is 0.848 bits per heavy atom. The number of rotatable bonds is 7. The van der Waals surface area contributed by atoms with Crippen molar-refractivity contribution in [3.8, 4) is 0 Å². The van der Waals surface area contributed by atoms with E-state index >= 15 is 0 Å². The minimum atomic E-state index is -2.22. The molecule has 2 aliphatic heterocycles. The van der Waals surface area contributed by atoms with E-state index in [1.807, 2.05) is 0 Å². The van der Waals surface area contributed by atoms with Crippen molar-refractivity contribution < 1.29 is 75.2 Å². The van der Waals surface area contributed by atoms with Crippen LogP contribution in [-0.4, -0.2) is 156 Å². The normalized spacial score (nSPS) is 38.2. The van der Waals surface area contributed by atoms with Crippen molar-refractivity contribution >= 4 is 6.03 Å². The van der Waals surface area contributed by atoms with Gasteiger partial charge in [-0.25, -0.2) is 4.79 Å². The predicted octanol–water partition coefficient (Wildman–Crippen LogP) is -8.04. The summed E-state index contributed by atoms with van der Waals surface area (Å²) in [5, 5.41) is 101. The molecule has 0 unspecified atom stereocenters. The van der Waals surface area contributed by atoms with Crippen molar-refractivity contribution in [3.63, 3.8) is 0 Å². The van der Waals surface area contributed by atoms with Crippen LogP contribution >= 0.6 is 0 Å². The van der Waals surface area contributed by atoms with Crippen LogP contribution in [0.1, 0.15) is 0 Å². The molecule has 17 heteroatoms. The summed E-state index contributed by atoms with van der Waals surface area (Å²) in [4.78, 5) is 9.00. The van der Waals surface area contributed by atoms with Gasteiger partial charge in [-0.1, -0.05) is 0 Å². The first-order chi connectivity index (χ1) is 15.3. The molecule has 0 spiro atoms. The maximum atomic E-state index is 10.00. The number of carbonyl (C=O) groups excluding carboxylic acids is 1. The van der Waals surface area contributed by atoms with Crippen molar-refractivity contribution in [2.75, 3.05) is 33.0 Å². The van der Waals surface area contributed by atoms with Gasteiger partial charge in [0.1, 0.15) is 55.4 Å². The first-order valence-corrected chi connectivity index (χ1v) is 9.54. The van der Waals surface area contributed by atoms with E-state index in [0.717, 1.165) is 0 Å². The quantitative estimate of drug-likeness (QED) is 0.156. The van der Waals surface area contributed by atoms with Gasteiger partial charge in [0.15, 0.2) is 6.29 Å². The van der Waals surface area contributed by atoms with Gasteiger partial charge in [-0.2, -0.15) is 0 Å². The number of aliphatic hydroxyl groups is 11. The molecule has 33 heavy (non-hydrogen) atoms. The van der Waals surface area contributed by atoms with E-state index in [2.05, 4.69) is 11.5 Å². The Morgan fingerprint density at radius 2 is 1.33 bits per heavy atom. The van der Waals surface area contributed by atoms with Crippen LogP contribution in [0.3, 0.4) is 0 Å². The van der Waals surface area contributed by atoms with Crippen LogP contribution in [0.2, 0.25) is 0 Å². The van der Waals surface area contributed by atoms with E-state index in [4.69, 9.17) is 44.5 Å². The lowest BCUT2D eigenvalue weighted by Crippen LogP contribution is -2.62. The smallest absolute Gasteiger partial charge is 0.309 e. The summed E-state index contributed by atoms with van der Waals surface area (Å²) in [6.07, 6.45) is -13.6. The molecule has 0 radical (unpaired) electrons. The van der Waals surface area contributed by atoms with E-state index in [0.29, 0.717) is 0 Å². The van der Waals surface area contributed by atoms with Gasteiger partial charge < -0.3 is 81.8 Å². The first-order valence-electron chi connectivity index (χ1n) is 9.54. The number of aliphatic hydroxyl groups excluding tert-OH is 11. The van der Waals surface area contributed by atoms with Gasteiger partial charge in [-0.15, -0.1) is 0 Å². The minimum absolute atomic E-state index is 0.365. The van der Waals surface area contributed by atoms with Crippen molar-refractivity contribution in [2.45, 2.75) is 60.9 Å². The summed E-state index contributed by atoms with van der Waals surface area (Å²) in [5.41, 5.74) is 8.50. The summed E-state index contributed by atoms with van der Waals surface area (Å²) >= 11 is 0. The Hall–Kier alpha value is -1.29. The topological polar surface area (TPSA) is 319 Å². The average Bonchev–Trinajstić information content (AvgIpc) is 3.03. The number of hydrogen-bond acceptors (Lipinski definition) is 15. The molecule has 0 bridgehead atoms. The predicted molar refractivity (Wildman–Crippen MR) is 103 cm³/mol. The van der Waals surface area contributed by atoms with Crippen molar-refractivity contribution in [2.24, 2.45) is 11.5 Å². The fourth-order valence-corrected chi connectivity index (χ4v) is 2.69. The minimum Gasteiger partial charge on any atom is -0.394 e. The fourth-order valence-electron chi connectivity index (χ4n) is 2.69. The second-order valence-corrected chi connectivity index (χ2v) is 6.98. The van der Waals surface area contributed by atoms with Gasteiger partial charge in [-0.3, -0.25) is 0 Å². The van der Waals surface area contributed by atoms with Crippen LogP contribution in [0, 0.1) is 0 Å². The van der Waals surface area contributed by atoms with Crippen LogP contribution in [0.5, 0.6) is 0 Å². The number of primary amides is 2. The van der Waals surface area contributed by atoms with E-state index < -0.39 is 86.8 Å². The molecular weight excluding hydrogens is 460 g/mol. The molecule has 2 rings (SSSR count). The number of urea groups is 1. The average molecular weight is 494 g/mol. The van der Waals surface area contributed by atoms with Crippen LogP contribution in [-0.2, 0) is 14.2 Å². The Balaban J connectivity index is 0.000000860. The molecule has 0 saturated carbocycles. The molecule has 0 aromatic carbocycles. The van der Waals surface area contributed by atoms with Gasteiger partial charge in [0, 0.05) is 0 Å². The second-order valence-electron chi connectivity index (χ2n) is 6.98. The highest BCUT2D eigenvalue weighted by Crippen LogP contribution is 2.35. The number of amides is 2. The highest BCUT2D eigenvalue weighted by molar-refractivity contribution is 5.69. The van der Waals surface area contributed by atoms with E-state index in [9.17, 15) is 30.6 Å². The second kappa shape index (κ2) is 14.9. The van der Waals surface area contributed by atoms with Crippen LogP contribution in [0.25, 0.3) is 0 Å². The molecule has 198 valence electrons. The lowest BCUT2D eigenvalue weighted by molar-refractivity contribution is -0.383. The molecule has 17 nitrogen and oxygen atoms in total. The van der Waals surface area contributed by atoms with Crippen LogP contribution < -0.4 is 11.5 Å². The largest absolute Gasteiger partial charge is 0.394 e. The number of carbonyl (C=O) groups is 1. The lowest BCUT2D eigenvalue weighted by atomic mass is 9.99. The van der Waals surface area contributed by atoms with Crippen molar-refractivity contribution in [1.82, 2.24) is 0 Å². The van der Waals surface area contributed by atoms with Gasteiger partial charge in [0.25, 0.3) is 0 Å². The Bertz CT molecular complexity index is 550. The van der Waals surface area contributed by atoms with E-state index in [-0.39, 0.29) is 13.2 Å². The zero-order valence-electron chi connectivity index (χ0n) is 17.4. The fraction of sp³-hybridized carbons (Fsp3) is 0.938. The molecule has 0 aromatic heterocycles. The molecular formula is C16H34N2O15. The summed E-state index contributed by atoms with van der Waals surface area (Å²) in [7, 11) is 0. The van der Waals surface area contributed by atoms with Crippen LogP contribution in [0.15, 0.2) is 0 Å². The molecule has 0 aromatic rings. The third-order valence-electron chi connectivity index (χ3n) is 4.49. The number of nitrogens with two attached hydrogens (primary N) is 2. The molecule has 15 N–H and O–H groups in total. The van der Waals surface area contributed by atoms with Gasteiger partial charge in [0.2, 0.25) is 5.79 Å². The van der Waals surface area contributed by atoms with E-state index in [1.165, 1.54) is 0 Å². The van der Waals surface area contributed by atoms with Gasteiger partial charge in [-0.05, 0) is 0 Å². The maximum Gasteiger partial charge on any atom is 0.309 e. The third kappa shape index (κ3) is 8.77. The summed E-state index contributed by atoms with van der Waals surface area (Å²) in [6, 6.07) is -0.833. The molecule has 9 atom stereocenters. The van der Waals surface area contributed by atoms with Crippen molar-refractivity contribution in [1.29, 1.82) is 0 Å². The molecule has 2 saturated heterocycles. The number of ether oxygens (including phenoxy) is 3. The highest BCUT2D eigenvalue weighted by Gasteiger charge is 2.58. The molecule has 2 aliphatic rings. The zero-order chi connectivity index (χ0) is 25.9. The highest BCUT2D eigenvalue weighted by atomic mass is 16.8. The van der Waals surface area contributed by atoms with E-state index in [1.54, 1.807) is 0 Å². The monoisotopic (exact) mass is 494 g/mol. The molecule has 0 aliphatic carbocycles. The SMILES string of the molecule is NC(N)=O.OCC(O)CO.OC[C@H]1O[C@@](CO)(O[C@H]2O[C@H](CO)[C@@H](O)[C@H](O)[C@H]2O)[C@@H](O)[C@@H]1O. The Morgan fingerprint density at radius 3 is 1.67 bits per heavy atom. The summed E-state index contributed by atoms with van der Waals surface area (Å²) < 4.78 is 15.4. The summed E-state index contributed by atoms with van der Waals surface area (Å²) in [6.45, 7) is -3.05. The summed E-state index contributed by atoms with van der Waals surface area (Å²) in [5.74, 6) is -2.22. The third-order valence-corrected chi connectivity index (χ3v) is 4.49. The lowest BCUT2D eigenvalue weighted by Gasteiger charge is -2.43. The standard InChI is InChI=1S/C12H22O11.C3H8O3.CH4N2O/c13-1-4-6(16)8(18)9(19)11(21-4)23-12(3-15)10(20)7(17)5(2-14)22-12;4-1-3(6)2-5;2-1(3)4/h4-11,13-20H,1-3H2;3-6H,1-2H2;(H4,2,3,4)/t4-,5-,6-,7-,8+,9-,10+,11-,12+;;/m1../s1. The van der Waals surface area contributed by atoms with Crippen molar-refractivity contribution in [3.05, 3.63) is 0 Å². The van der Waals surface area contributed by atoms with Gasteiger partial charge in [0.05, 0.1) is 26.4 Å². The zero-order valence-corrected chi connectivity index (χ0v) is 17.4. The van der Waals surface area contributed by atoms with Gasteiger partial charge >= 0.3 is 6.03 Å². The molecule has 2 amide bonds. The Kier molecular flexibility index (Phi) is 14.3. The number of hydrogen-bond donors (Lipinski definition) is 13. The van der Waals surface area contributed by atoms with Crippen LogP contribution in [0.4, 0.5) is 4.79 Å². The maximum absolute atomic E-state index is 10.00. The first kappa shape index (κ1) is 31.7. The Labute approximate surface area is 187 Å².